The van der Waals surface area contributed by atoms with Crippen molar-refractivity contribution in [3.05, 3.63) is 0 Å². The summed E-state index contributed by atoms with van der Waals surface area (Å²) in [6.45, 7) is 2.89. The van der Waals surface area contributed by atoms with E-state index in [9.17, 15) is 4.79 Å². The third-order valence-electron chi connectivity index (χ3n) is 0.575. The summed E-state index contributed by atoms with van der Waals surface area (Å²) in [6.07, 6.45) is 0. The number of carbonyl (C=O) groups is 1. The minimum Gasteiger partial charge on any atom is -0.325 e. The molecule has 0 saturated heterocycles. The minimum absolute atomic E-state index is 0.275. The van der Waals surface area contributed by atoms with Gasteiger partial charge in [-0.25, -0.2) is 9.53 Å². The summed E-state index contributed by atoms with van der Waals surface area (Å²) in [4.78, 5) is 10.1. The summed E-state index contributed by atoms with van der Waals surface area (Å²) in [6, 6.07) is 0. The van der Waals surface area contributed by atoms with Gasteiger partial charge < -0.3 is 4.42 Å². The number of rotatable bonds is 0. The van der Waals surface area contributed by atoms with Crippen LogP contribution in [0.4, 0.5) is 0 Å². The SMILES string of the molecule is C[O+]=C(C)OC(C)=O. The fourth-order valence-corrected chi connectivity index (χ4v) is 0.244. The molecule has 0 radical (unpaired) electrons. The molecule has 3 heteroatoms. The second-order valence-corrected chi connectivity index (χ2v) is 1.29. The highest BCUT2D eigenvalue weighted by Gasteiger charge is 2.07. The maximum Gasteiger partial charge on any atom is 0.489 e. The molecule has 0 heterocycles. The number of hydrogen-bond donors (Lipinski definition) is 0. The minimum atomic E-state index is -0.357. The Bertz CT molecular complexity index is 115. The number of esters is 2. The molecule has 0 aromatic rings. The van der Waals surface area contributed by atoms with Crippen molar-refractivity contribution in [2.45, 2.75) is 13.8 Å². The van der Waals surface area contributed by atoms with Gasteiger partial charge in [0.05, 0.1) is 13.8 Å². The highest BCUT2D eigenvalue weighted by Crippen LogP contribution is 1.76. The van der Waals surface area contributed by atoms with Crippen LogP contribution in [0.25, 0.3) is 0 Å². The quantitative estimate of drug-likeness (QED) is 0.259. The van der Waals surface area contributed by atoms with Gasteiger partial charge in [0, 0.05) is 0 Å². The molecule has 0 aliphatic heterocycles. The molecule has 0 aromatic carbocycles. The van der Waals surface area contributed by atoms with Crippen molar-refractivity contribution in [1.29, 1.82) is 0 Å². The first kappa shape index (κ1) is 7.14. The second kappa shape index (κ2) is 3.18. The van der Waals surface area contributed by atoms with Crippen LogP contribution < -0.4 is 0 Å². The van der Waals surface area contributed by atoms with Crippen molar-refractivity contribution >= 4 is 11.9 Å². The lowest BCUT2D eigenvalue weighted by Gasteiger charge is -1.79. The molecule has 3 nitrogen and oxygen atoms in total. The average Bonchev–Trinajstić information content (AvgIpc) is 1.65. The predicted molar refractivity (Wildman–Crippen MR) is 28.4 cm³/mol. The van der Waals surface area contributed by atoms with Crippen molar-refractivity contribution in [2.75, 3.05) is 7.11 Å². The van der Waals surface area contributed by atoms with Crippen LogP contribution in [0.2, 0.25) is 0 Å². The van der Waals surface area contributed by atoms with Crippen LogP contribution >= 0.6 is 0 Å². The molecule has 0 atom stereocenters. The maximum atomic E-state index is 10.1. The Morgan fingerprint density at radius 3 is 2.12 bits per heavy atom. The number of hydrogen-bond acceptors (Lipinski definition) is 2. The van der Waals surface area contributed by atoms with Crippen LogP contribution in [0.5, 0.6) is 0 Å². The zero-order chi connectivity index (χ0) is 6.57. The lowest BCUT2D eigenvalue weighted by Crippen LogP contribution is -2.06. The molecule has 0 amide bonds. The Labute approximate surface area is 48.0 Å². The smallest absolute Gasteiger partial charge is 0.325 e. The van der Waals surface area contributed by atoms with Crippen molar-refractivity contribution < 1.29 is 14.0 Å². The van der Waals surface area contributed by atoms with Crippen LogP contribution in [0.1, 0.15) is 13.8 Å². The Morgan fingerprint density at radius 1 is 1.50 bits per heavy atom. The first-order valence-corrected chi connectivity index (χ1v) is 2.22. The van der Waals surface area contributed by atoms with Crippen LogP contribution in [0, 0.1) is 0 Å². The standard InChI is InChI=1S/C5H9O3/c1-4(6)8-5(2)7-3/h1-3H3/q+1. The van der Waals surface area contributed by atoms with Crippen LogP contribution in [0.15, 0.2) is 0 Å². The van der Waals surface area contributed by atoms with Gasteiger partial charge in [0.1, 0.15) is 0 Å². The van der Waals surface area contributed by atoms with E-state index in [1.54, 1.807) is 6.92 Å². The molecule has 0 aromatic heterocycles. The van der Waals surface area contributed by atoms with Crippen molar-refractivity contribution in [2.24, 2.45) is 0 Å². The monoisotopic (exact) mass is 117 g/mol. The Hall–Kier alpha value is -0.860. The average molecular weight is 117 g/mol. The highest BCUT2D eigenvalue weighted by atomic mass is 16.6. The predicted octanol–water partition coefficient (Wildman–Crippen LogP) is 0.262. The van der Waals surface area contributed by atoms with E-state index >= 15 is 0 Å². The van der Waals surface area contributed by atoms with E-state index in [0.717, 1.165) is 0 Å². The summed E-state index contributed by atoms with van der Waals surface area (Å²) in [7, 11) is 1.44. The second-order valence-electron chi connectivity index (χ2n) is 1.29. The highest BCUT2D eigenvalue weighted by molar-refractivity contribution is 5.82. The van der Waals surface area contributed by atoms with E-state index in [0.29, 0.717) is 0 Å². The van der Waals surface area contributed by atoms with Gasteiger partial charge in [-0.1, -0.05) is 0 Å². The van der Waals surface area contributed by atoms with Gasteiger partial charge in [0.15, 0.2) is 7.11 Å². The molecule has 8 heavy (non-hydrogen) atoms. The van der Waals surface area contributed by atoms with Crippen LogP contribution in [-0.4, -0.2) is 19.0 Å². The third kappa shape index (κ3) is 3.33. The molecule has 46 valence electrons. The molecule has 0 bridgehead atoms. The van der Waals surface area contributed by atoms with E-state index in [1.807, 2.05) is 0 Å². The van der Waals surface area contributed by atoms with Crippen molar-refractivity contribution in [1.82, 2.24) is 0 Å². The van der Waals surface area contributed by atoms with Crippen molar-refractivity contribution in [3.8, 4) is 0 Å². The molecular formula is C5H9O3+. The molecule has 0 saturated carbocycles. The van der Waals surface area contributed by atoms with Crippen LogP contribution in [0.3, 0.4) is 0 Å². The fraction of sp³-hybridized carbons (Fsp3) is 0.600. The topological polar surface area (TPSA) is 37.6 Å². The van der Waals surface area contributed by atoms with Gasteiger partial charge in [0.2, 0.25) is 0 Å². The van der Waals surface area contributed by atoms with Gasteiger partial charge in [-0.15, -0.1) is 0 Å². The van der Waals surface area contributed by atoms with Gasteiger partial charge in [0.25, 0.3) is 0 Å². The first-order valence-electron chi connectivity index (χ1n) is 2.22. The van der Waals surface area contributed by atoms with Crippen LogP contribution in [-0.2, 0) is 14.0 Å². The maximum absolute atomic E-state index is 10.1. The molecule has 0 N–H and O–H groups in total. The van der Waals surface area contributed by atoms with E-state index in [-0.39, 0.29) is 11.9 Å². The molecule has 0 spiro atoms. The number of ether oxygens (including phenoxy) is 1. The summed E-state index contributed by atoms with van der Waals surface area (Å²) in [5, 5.41) is 0. The summed E-state index contributed by atoms with van der Waals surface area (Å²) in [5.41, 5.74) is 0. The Balaban J connectivity index is 3.56. The first-order chi connectivity index (χ1) is 3.66. The molecular weight excluding hydrogens is 108 g/mol. The summed E-state index contributed by atoms with van der Waals surface area (Å²) >= 11 is 0. The Kier molecular flexibility index (Phi) is 2.84. The largest absolute Gasteiger partial charge is 0.489 e. The summed E-state index contributed by atoms with van der Waals surface area (Å²) < 4.78 is 8.99. The lowest BCUT2D eigenvalue weighted by atomic mass is 10.7. The van der Waals surface area contributed by atoms with Gasteiger partial charge in [-0.3, -0.25) is 0 Å². The number of carbonyl (C=O) groups excluding carboxylic acids is 2. The van der Waals surface area contributed by atoms with E-state index in [4.69, 9.17) is 0 Å². The third-order valence-corrected chi connectivity index (χ3v) is 0.575. The van der Waals surface area contributed by atoms with E-state index in [2.05, 4.69) is 9.16 Å². The van der Waals surface area contributed by atoms with E-state index < -0.39 is 0 Å². The fourth-order valence-electron chi connectivity index (χ4n) is 0.244. The molecule has 0 fully saturated rings. The van der Waals surface area contributed by atoms with Crippen molar-refractivity contribution in [3.63, 3.8) is 0 Å². The molecule has 0 aliphatic rings. The zero-order valence-corrected chi connectivity index (χ0v) is 5.22. The van der Waals surface area contributed by atoms with Gasteiger partial charge in [-0.2, -0.15) is 0 Å². The van der Waals surface area contributed by atoms with Gasteiger partial charge >= 0.3 is 11.9 Å². The normalized spacial score (nSPS) is 11.1. The van der Waals surface area contributed by atoms with Gasteiger partial charge in [-0.05, 0) is 0 Å². The molecule has 0 rings (SSSR count). The molecule has 0 aliphatic carbocycles. The Morgan fingerprint density at radius 2 is 2.00 bits per heavy atom. The zero-order valence-electron chi connectivity index (χ0n) is 5.22. The lowest BCUT2D eigenvalue weighted by molar-refractivity contribution is -0.430. The summed E-state index contributed by atoms with van der Waals surface area (Å²) in [5.74, 6) is -0.0816. The molecule has 0 unspecified atom stereocenters. The van der Waals surface area contributed by atoms with E-state index in [1.165, 1.54) is 14.0 Å².